The van der Waals surface area contributed by atoms with Gasteiger partial charge in [0.05, 0.1) is 10.8 Å². The van der Waals surface area contributed by atoms with Gasteiger partial charge in [-0.15, -0.1) is 11.3 Å². The van der Waals surface area contributed by atoms with Crippen LogP contribution in [0.15, 0.2) is 10.4 Å². The lowest BCUT2D eigenvalue weighted by atomic mass is 9.95. The Morgan fingerprint density at radius 1 is 1.53 bits per heavy atom. The molecule has 0 saturated carbocycles. The van der Waals surface area contributed by atoms with Gasteiger partial charge in [0, 0.05) is 29.5 Å². The molecule has 1 aromatic rings. The fourth-order valence-corrected chi connectivity index (χ4v) is 1.79. The molecule has 0 amide bonds. The molecule has 0 bridgehead atoms. The molecule has 15 heavy (non-hydrogen) atoms. The van der Waals surface area contributed by atoms with Crippen molar-refractivity contribution in [2.24, 2.45) is 16.1 Å². The number of hydrogen-bond acceptors (Lipinski definition) is 3. The standard InChI is InChI=1S/C11H19N3S/c1-8-7-15-9(14-8)5-6-13-10(12)11(2,3)4/h7H,5-6H2,1-4H3,(H2,12,13). The normalized spacial score (nSPS) is 13.2. The highest BCUT2D eigenvalue weighted by Gasteiger charge is 2.14. The van der Waals surface area contributed by atoms with Crippen LogP contribution in [0.4, 0.5) is 0 Å². The Bertz CT molecular complexity index is 347. The van der Waals surface area contributed by atoms with Crippen molar-refractivity contribution in [2.45, 2.75) is 34.1 Å². The summed E-state index contributed by atoms with van der Waals surface area (Å²) in [5, 5.41) is 3.20. The molecule has 0 aliphatic carbocycles. The molecule has 0 atom stereocenters. The van der Waals surface area contributed by atoms with Gasteiger partial charge < -0.3 is 5.73 Å². The van der Waals surface area contributed by atoms with Crippen molar-refractivity contribution < 1.29 is 0 Å². The number of rotatable bonds is 3. The molecule has 0 spiro atoms. The quantitative estimate of drug-likeness (QED) is 0.634. The van der Waals surface area contributed by atoms with Crippen LogP contribution in [0.2, 0.25) is 0 Å². The maximum absolute atomic E-state index is 5.85. The Morgan fingerprint density at radius 3 is 2.67 bits per heavy atom. The number of aryl methyl sites for hydroxylation is 1. The Hall–Kier alpha value is -0.900. The Balaban J connectivity index is 2.45. The van der Waals surface area contributed by atoms with Gasteiger partial charge in [0.15, 0.2) is 0 Å². The minimum Gasteiger partial charge on any atom is -0.387 e. The van der Waals surface area contributed by atoms with E-state index in [2.05, 4.69) is 36.1 Å². The molecule has 4 heteroatoms. The van der Waals surface area contributed by atoms with Gasteiger partial charge in [0.25, 0.3) is 0 Å². The first-order chi connectivity index (χ1) is 6.89. The molecule has 84 valence electrons. The number of aliphatic imine (C=N–C) groups is 1. The van der Waals surface area contributed by atoms with Crippen molar-refractivity contribution in [1.29, 1.82) is 0 Å². The van der Waals surface area contributed by atoms with Crippen LogP contribution in [0.25, 0.3) is 0 Å². The summed E-state index contributed by atoms with van der Waals surface area (Å²) in [4.78, 5) is 8.74. The van der Waals surface area contributed by atoms with E-state index in [1.54, 1.807) is 11.3 Å². The van der Waals surface area contributed by atoms with E-state index in [-0.39, 0.29) is 5.41 Å². The summed E-state index contributed by atoms with van der Waals surface area (Å²) in [5.41, 5.74) is 6.91. The highest BCUT2D eigenvalue weighted by Crippen LogP contribution is 2.13. The van der Waals surface area contributed by atoms with Crippen LogP contribution in [-0.2, 0) is 6.42 Å². The third-order valence-corrected chi connectivity index (χ3v) is 3.07. The summed E-state index contributed by atoms with van der Waals surface area (Å²) in [7, 11) is 0. The summed E-state index contributed by atoms with van der Waals surface area (Å²) in [6.07, 6.45) is 0.884. The molecule has 0 aromatic carbocycles. The summed E-state index contributed by atoms with van der Waals surface area (Å²) >= 11 is 1.69. The van der Waals surface area contributed by atoms with Gasteiger partial charge in [-0.05, 0) is 6.92 Å². The van der Waals surface area contributed by atoms with E-state index in [1.165, 1.54) is 0 Å². The van der Waals surface area contributed by atoms with Gasteiger partial charge in [-0.25, -0.2) is 4.98 Å². The van der Waals surface area contributed by atoms with Crippen LogP contribution in [0.5, 0.6) is 0 Å². The fraction of sp³-hybridized carbons (Fsp3) is 0.636. The van der Waals surface area contributed by atoms with Gasteiger partial charge in [0.1, 0.15) is 0 Å². The van der Waals surface area contributed by atoms with Gasteiger partial charge in [-0.1, -0.05) is 20.8 Å². The molecule has 1 rings (SSSR count). The molecule has 0 fully saturated rings. The second-order valence-corrected chi connectivity index (χ2v) is 5.59. The predicted molar refractivity (Wildman–Crippen MR) is 66.5 cm³/mol. The molecule has 0 radical (unpaired) electrons. The van der Waals surface area contributed by atoms with Crippen LogP contribution in [0.1, 0.15) is 31.5 Å². The molecule has 1 aromatic heterocycles. The van der Waals surface area contributed by atoms with Crippen LogP contribution in [0.3, 0.4) is 0 Å². The smallest absolute Gasteiger partial charge is 0.0991 e. The highest BCUT2D eigenvalue weighted by atomic mass is 32.1. The average Bonchev–Trinajstić information content (AvgIpc) is 2.49. The number of hydrogen-bond donors (Lipinski definition) is 1. The van der Waals surface area contributed by atoms with E-state index in [4.69, 9.17) is 5.73 Å². The second kappa shape index (κ2) is 4.75. The molecule has 2 N–H and O–H groups in total. The van der Waals surface area contributed by atoms with Crippen molar-refractivity contribution in [2.75, 3.05) is 6.54 Å². The van der Waals surface area contributed by atoms with Crippen molar-refractivity contribution >= 4 is 17.2 Å². The maximum Gasteiger partial charge on any atom is 0.0991 e. The van der Waals surface area contributed by atoms with Crippen molar-refractivity contribution in [1.82, 2.24) is 4.98 Å². The molecule has 0 aliphatic rings. The van der Waals surface area contributed by atoms with Gasteiger partial charge >= 0.3 is 0 Å². The Morgan fingerprint density at radius 2 is 2.20 bits per heavy atom. The average molecular weight is 225 g/mol. The largest absolute Gasteiger partial charge is 0.387 e. The SMILES string of the molecule is Cc1csc(CCN=C(N)C(C)(C)C)n1. The van der Waals surface area contributed by atoms with E-state index in [0.29, 0.717) is 0 Å². The van der Waals surface area contributed by atoms with Crippen LogP contribution >= 0.6 is 11.3 Å². The molecule has 1 heterocycles. The lowest BCUT2D eigenvalue weighted by molar-refractivity contribution is 0.581. The van der Waals surface area contributed by atoms with E-state index in [9.17, 15) is 0 Å². The number of thiazole rings is 1. The van der Waals surface area contributed by atoms with Gasteiger partial charge in [0.2, 0.25) is 0 Å². The lowest BCUT2D eigenvalue weighted by Crippen LogP contribution is -2.29. The fourth-order valence-electron chi connectivity index (χ4n) is 1.03. The van der Waals surface area contributed by atoms with E-state index < -0.39 is 0 Å². The number of aromatic nitrogens is 1. The molecule has 0 aliphatic heterocycles. The highest BCUT2D eigenvalue weighted by molar-refractivity contribution is 7.09. The number of nitrogens with zero attached hydrogens (tertiary/aromatic N) is 2. The predicted octanol–water partition coefficient (Wildman–Crippen LogP) is 2.40. The van der Waals surface area contributed by atoms with E-state index in [0.717, 1.165) is 29.5 Å². The number of nitrogens with two attached hydrogens (primary N) is 1. The number of amidine groups is 1. The third kappa shape index (κ3) is 4.00. The van der Waals surface area contributed by atoms with Gasteiger partial charge in [-0.3, -0.25) is 4.99 Å². The molecular weight excluding hydrogens is 206 g/mol. The molecular formula is C11H19N3S. The van der Waals surface area contributed by atoms with E-state index in [1.807, 2.05) is 6.92 Å². The topological polar surface area (TPSA) is 51.3 Å². The van der Waals surface area contributed by atoms with Crippen LogP contribution in [0, 0.1) is 12.3 Å². The van der Waals surface area contributed by atoms with Crippen molar-refractivity contribution in [3.05, 3.63) is 16.1 Å². The third-order valence-electron chi connectivity index (χ3n) is 2.04. The van der Waals surface area contributed by atoms with Crippen molar-refractivity contribution in [3.63, 3.8) is 0 Å². The zero-order chi connectivity index (χ0) is 11.5. The Kier molecular flexibility index (Phi) is 3.85. The molecule has 3 nitrogen and oxygen atoms in total. The van der Waals surface area contributed by atoms with E-state index >= 15 is 0 Å². The molecule has 0 unspecified atom stereocenters. The maximum atomic E-state index is 5.85. The van der Waals surface area contributed by atoms with Crippen molar-refractivity contribution in [3.8, 4) is 0 Å². The lowest BCUT2D eigenvalue weighted by Gasteiger charge is -2.17. The minimum absolute atomic E-state index is 0.0290. The first-order valence-corrected chi connectivity index (χ1v) is 5.99. The summed E-state index contributed by atoms with van der Waals surface area (Å²) in [5.74, 6) is 0.718. The molecule has 0 saturated heterocycles. The zero-order valence-corrected chi connectivity index (χ0v) is 10.7. The Labute approximate surface area is 95.4 Å². The second-order valence-electron chi connectivity index (χ2n) is 4.65. The summed E-state index contributed by atoms with van der Waals surface area (Å²) in [6, 6.07) is 0. The zero-order valence-electron chi connectivity index (χ0n) is 9.87. The summed E-state index contributed by atoms with van der Waals surface area (Å²) in [6.45, 7) is 8.95. The monoisotopic (exact) mass is 225 g/mol. The minimum atomic E-state index is -0.0290. The van der Waals surface area contributed by atoms with Gasteiger partial charge in [-0.2, -0.15) is 0 Å². The van der Waals surface area contributed by atoms with Crippen LogP contribution in [-0.4, -0.2) is 17.4 Å². The first kappa shape index (κ1) is 12.2. The first-order valence-electron chi connectivity index (χ1n) is 5.11. The summed E-state index contributed by atoms with van der Waals surface area (Å²) < 4.78 is 0. The van der Waals surface area contributed by atoms with Crippen LogP contribution < -0.4 is 5.73 Å².